The maximum Gasteiger partial charge on any atom is 0.319 e. The van der Waals surface area contributed by atoms with Crippen molar-refractivity contribution in [3.05, 3.63) is 28.5 Å². The first-order valence-corrected chi connectivity index (χ1v) is 7.13. The lowest BCUT2D eigenvalue weighted by Gasteiger charge is -2.15. The van der Waals surface area contributed by atoms with Crippen molar-refractivity contribution >= 4 is 33.6 Å². The summed E-state index contributed by atoms with van der Waals surface area (Å²) in [6.07, 6.45) is 2.00. The minimum atomic E-state index is -0.598. The molecule has 20 heavy (non-hydrogen) atoms. The van der Waals surface area contributed by atoms with Crippen LogP contribution in [0.25, 0.3) is 0 Å². The zero-order valence-electron chi connectivity index (χ0n) is 10.8. The maximum absolute atomic E-state index is 13.5. The minimum Gasteiger partial charge on any atom is -0.341 e. The highest BCUT2D eigenvalue weighted by Gasteiger charge is 2.18. The van der Waals surface area contributed by atoms with Gasteiger partial charge in [-0.1, -0.05) is 15.9 Å². The van der Waals surface area contributed by atoms with Gasteiger partial charge in [0.15, 0.2) is 0 Å². The standard InChI is InChI=1S/C13H15BrFN3O2/c14-9-3-4-11(10(15)7-9)17-13(20)16-8-12(19)18-5-1-2-6-18/h3-4,7H,1-2,5-6,8H2,(H2,16,17,20). The van der Waals surface area contributed by atoms with E-state index in [2.05, 4.69) is 26.6 Å². The first-order chi connectivity index (χ1) is 9.56. The lowest BCUT2D eigenvalue weighted by Crippen LogP contribution is -2.40. The van der Waals surface area contributed by atoms with Gasteiger partial charge in [0.1, 0.15) is 5.82 Å². The van der Waals surface area contributed by atoms with Crippen LogP contribution in [-0.2, 0) is 4.79 Å². The Morgan fingerprint density at radius 3 is 2.65 bits per heavy atom. The molecule has 1 aromatic carbocycles. The fourth-order valence-corrected chi connectivity index (χ4v) is 2.32. The quantitative estimate of drug-likeness (QED) is 0.884. The van der Waals surface area contributed by atoms with Gasteiger partial charge >= 0.3 is 6.03 Å². The molecule has 108 valence electrons. The number of rotatable bonds is 3. The van der Waals surface area contributed by atoms with E-state index in [1.165, 1.54) is 12.1 Å². The number of nitrogens with one attached hydrogen (secondary N) is 2. The van der Waals surface area contributed by atoms with Crippen molar-refractivity contribution < 1.29 is 14.0 Å². The second-order valence-corrected chi connectivity index (χ2v) is 5.44. The van der Waals surface area contributed by atoms with Crippen LogP contribution >= 0.6 is 15.9 Å². The van der Waals surface area contributed by atoms with Crippen LogP contribution in [0.3, 0.4) is 0 Å². The molecule has 1 saturated heterocycles. The van der Waals surface area contributed by atoms with E-state index in [9.17, 15) is 14.0 Å². The summed E-state index contributed by atoms with van der Waals surface area (Å²) < 4.78 is 14.1. The van der Waals surface area contributed by atoms with E-state index in [-0.39, 0.29) is 18.1 Å². The van der Waals surface area contributed by atoms with E-state index in [0.29, 0.717) is 4.47 Å². The first kappa shape index (κ1) is 14.8. The normalized spacial score (nSPS) is 14.2. The van der Waals surface area contributed by atoms with E-state index >= 15 is 0 Å². The fraction of sp³-hybridized carbons (Fsp3) is 0.385. The summed E-state index contributed by atoms with van der Waals surface area (Å²) in [4.78, 5) is 25.0. The molecule has 1 aliphatic heterocycles. The Morgan fingerprint density at radius 2 is 2.00 bits per heavy atom. The highest BCUT2D eigenvalue weighted by atomic mass is 79.9. The molecule has 2 N–H and O–H groups in total. The van der Waals surface area contributed by atoms with E-state index in [1.54, 1.807) is 11.0 Å². The van der Waals surface area contributed by atoms with Crippen LogP contribution in [-0.4, -0.2) is 36.5 Å². The number of hydrogen-bond donors (Lipinski definition) is 2. The average Bonchev–Trinajstić information content (AvgIpc) is 2.93. The smallest absolute Gasteiger partial charge is 0.319 e. The van der Waals surface area contributed by atoms with Gasteiger partial charge in [-0.05, 0) is 31.0 Å². The largest absolute Gasteiger partial charge is 0.341 e. The minimum absolute atomic E-state index is 0.0688. The second kappa shape index (κ2) is 6.69. The summed E-state index contributed by atoms with van der Waals surface area (Å²) in [6, 6.07) is 3.72. The number of urea groups is 1. The van der Waals surface area contributed by atoms with Crippen LogP contribution < -0.4 is 10.6 Å². The van der Waals surface area contributed by atoms with Gasteiger partial charge in [-0.25, -0.2) is 9.18 Å². The topological polar surface area (TPSA) is 61.4 Å². The number of anilines is 1. The predicted octanol–water partition coefficient (Wildman–Crippen LogP) is 2.33. The van der Waals surface area contributed by atoms with Crippen LogP contribution in [0, 0.1) is 5.82 Å². The Hall–Kier alpha value is -1.63. The fourth-order valence-electron chi connectivity index (χ4n) is 1.99. The van der Waals surface area contributed by atoms with Gasteiger partial charge in [-0.3, -0.25) is 4.79 Å². The summed E-state index contributed by atoms with van der Waals surface area (Å²) in [5, 5.41) is 4.80. The van der Waals surface area contributed by atoms with Crippen molar-refractivity contribution in [1.29, 1.82) is 0 Å². The van der Waals surface area contributed by atoms with Crippen molar-refractivity contribution in [3.8, 4) is 0 Å². The van der Waals surface area contributed by atoms with Gasteiger partial charge in [0.2, 0.25) is 5.91 Å². The molecule has 0 radical (unpaired) electrons. The predicted molar refractivity (Wildman–Crippen MR) is 76.9 cm³/mol. The number of carbonyl (C=O) groups excluding carboxylic acids is 2. The molecule has 0 aliphatic carbocycles. The van der Waals surface area contributed by atoms with Crippen LogP contribution in [0.2, 0.25) is 0 Å². The van der Waals surface area contributed by atoms with Crippen molar-refractivity contribution in [2.45, 2.75) is 12.8 Å². The van der Waals surface area contributed by atoms with Gasteiger partial charge in [0.25, 0.3) is 0 Å². The highest BCUT2D eigenvalue weighted by Crippen LogP contribution is 2.19. The molecule has 0 aromatic heterocycles. The van der Waals surface area contributed by atoms with Crippen molar-refractivity contribution in [3.63, 3.8) is 0 Å². The molecule has 1 aliphatic rings. The number of nitrogens with zero attached hydrogens (tertiary/aromatic N) is 1. The van der Waals surface area contributed by atoms with Gasteiger partial charge in [0, 0.05) is 17.6 Å². The highest BCUT2D eigenvalue weighted by molar-refractivity contribution is 9.10. The van der Waals surface area contributed by atoms with Crippen LogP contribution in [0.15, 0.2) is 22.7 Å². The molecule has 0 unspecified atom stereocenters. The number of hydrogen-bond acceptors (Lipinski definition) is 2. The number of halogens is 2. The molecule has 0 saturated carbocycles. The lowest BCUT2D eigenvalue weighted by molar-refractivity contribution is -0.128. The summed E-state index contributed by atoms with van der Waals surface area (Å²) >= 11 is 3.13. The maximum atomic E-state index is 13.5. The van der Waals surface area contributed by atoms with Crippen molar-refractivity contribution in [1.82, 2.24) is 10.2 Å². The number of benzene rings is 1. The van der Waals surface area contributed by atoms with E-state index in [1.807, 2.05) is 0 Å². The van der Waals surface area contributed by atoms with E-state index in [0.717, 1.165) is 25.9 Å². The SMILES string of the molecule is O=C(NCC(=O)N1CCCC1)Nc1ccc(Br)cc1F. The third-order valence-corrected chi connectivity index (χ3v) is 3.53. The summed E-state index contributed by atoms with van der Waals surface area (Å²) in [5.74, 6) is -0.658. The van der Waals surface area contributed by atoms with Crippen LogP contribution in [0.5, 0.6) is 0 Å². The zero-order chi connectivity index (χ0) is 14.5. The summed E-state index contributed by atoms with van der Waals surface area (Å²) in [7, 11) is 0. The molecule has 5 nitrogen and oxygen atoms in total. The monoisotopic (exact) mass is 343 g/mol. The Bertz CT molecular complexity index is 518. The number of likely N-dealkylation sites (tertiary alicyclic amines) is 1. The second-order valence-electron chi connectivity index (χ2n) is 4.52. The van der Waals surface area contributed by atoms with Crippen molar-refractivity contribution in [2.24, 2.45) is 0 Å². The van der Waals surface area contributed by atoms with E-state index < -0.39 is 11.8 Å². The molecule has 2 rings (SSSR count). The zero-order valence-corrected chi connectivity index (χ0v) is 12.4. The molecular formula is C13H15BrFN3O2. The third kappa shape index (κ3) is 3.93. The average molecular weight is 344 g/mol. The number of carbonyl (C=O) groups is 2. The van der Waals surface area contributed by atoms with Gasteiger partial charge in [-0.15, -0.1) is 0 Å². The molecule has 1 fully saturated rings. The molecular weight excluding hydrogens is 329 g/mol. The summed E-state index contributed by atoms with van der Waals surface area (Å²) in [6.45, 7) is 1.40. The van der Waals surface area contributed by atoms with Crippen LogP contribution in [0.1, 0.15) is 12.8 Å². The lowest BCUT2D eigenvalue weighted by atomic mass is 10.3. The van der Waals surface area contributed by atoms with Gasteiger partial charge < -0.3 is 15.5 Å². The molecule has 0 atom stereocenters. The van der Waals surface area contributed by atoms with Gasteiger partial charge in [-0.2, -0.15) is 0 Å². The first-order valence-electron chi connectivity index (χ1n) is 6.34. The number of amides is 3. The molecule has 1 aromatic rings. The Labute approximate surface area is 124 Å². The molecule has 0 spiro atoms. The molecule has 0 bridgehead atoms. The Kier molecular flexibility index (Phi) is 4.94. The Morgan fingerprint density at radius 1 is 1.30 bits per heavy atom. The van der Waals surface area contributed by atoms with Crippen LogP contribution in [0.4, 0.5) is 14.9 Å². The summed E-state index contributed by atoms with van der Waals surface area (Å²) in [5.41, 5.74) is 0.0688. The molecule has 7 heteroatoms. The molecule has 1 heterocycles. The molecule has 3 amide bonds. The van der Waals surface area contributed by atoms with Gasteiger partial charge in [0.05, 0.1) is 12.2 Å². The Balaban J connectivity index is 1.81. The third-order valence-electron chi connectivity index (χ3n) is 3.04. The van der Waals surface area contributed by atoms with Crippen molar-refractivity contribution in [2.75, 3.05) is 25.0 Å². The van der Waals surface area contributed by atoms with E-state index in [4.69, 9.17) is 0 Å².